The molecule has 0 saturated carbocycles. The third kappa shape index (κ3) is 3.05. The van der Waals surface area contributed by atoms with Crippen LogP contribution >= 0.6 is 28.3 Å². The van der Waals surface area contributed by atoms with Gasteiger partial charge in [0.2, 0.25) is 10.0 Å². The Morgan fingerprint density at radius 3 is 2.67 bits per heavy atom. The lowest BCUT2D eigenvalue weighted by Gasteiger charge is -2.33. The number of sulfonamides is 1. The van der Waals surface area contributed by atoms with Crippen molar-refractivity contribution in [3.63, 3.8) is 0 Å². The number of hydrogen-bond donors (Lipinski definition) is 1. The van der Waals surface area contributed by atoms with Crippen LogP contribution in [0.25, 0.3) is 0 Å². The quantitative estimate of drug-likeness (QED) is 0.881. The second-order valence-electron chi connectivity index (χ2n) is 4.10. The van der Waals surface area contributed by atoms with Crippen LogP contribution in [0.2, 0.25) is 0 Å². The second-order valence-corrected chi connectivity index (χ2v) is 6.81. The van der Waals surface area contributed by atoms with Crippen LogP contribution in [0.4, 0.5) is 0 Å². The molecule has 0 unspecified atom stereocenters. The van der Waals surface area contributed by atoms with E-state index in [1.54, 1.807) is 22.5 Å². The third-order valence-corrected chi connectivity index (χ3v) is 5.89. The number of hydrogen-bond acceptors (Lipinski definition) is 3. The molecule has 0 bridgehead atoms. The van der Waals surface area contributed by atoms with Crippen molar-refractivity contribution >= 4 is 38.4 Å². The normalized spacial score (nSPS) is 21.3. The van der Waals surface area contributed by atoms with E-state index in [0.717, 1.165) is 0 Å². The molecule has 1 aromatic carbocycles. The molecular weight excluding hydrogens is 340 g/mol. The summed E-state index contributed by atoms with van der Waals surface area (Å²) < 4.78 is 27.1. The van der Waals surface area contributed by atoms with Gasteiger partial charge in [-0.05, 0) is 35.0 Å². The van der Waals surface area contributed by atoms with Crippen molar-refractivity contribution < 1.29 is 8.42 Å². The highest BCUT2D eigenvalue weighted by Gasteiger charge is 2.31. The predicted octanol–water partition coefficient (Wildman–Crippen LogP) is 1.85. The van der Waals surface area contributed by atoms with Crippen LogP contribution in [0, 0.1) is 0 Å². The smallest absolute Gasteiger partial charge is 0.244 e. The Kier molecular flexibility index (Phi) is 5.61. The van der Waals surface area contributed by atoms with Gasteiger partial charge in [0.25, 0.3) is 0 Å². The van der Waals surface area contributed by atoms with Crippen LogP contribution in [0.15, 0.2) is 33.6 Å². The van der Waals surface area contributed by atoms with Crippen molar-refractivity contribution in [2.75, 3.05) is 19.6 Å². The van der Waals surface area contributed by atoms with E-state index < -0.39 is 10.0 Å². The Balaban J connectivity index is 0.00000162. The first-order valence-electron chi connectivity index (χ1n) is 5.50. The Hall–Kier alpha value is -0.140. The van der Waals surface area contributed by atoms with E-state index >= 15 is 0 Å². The zero-order valence-electron chi connectivity index (χ0n) is 9.97. The van der Waals surface area contributed by atoms with E-state index in [2.05, 4.69) is 21.2 Å². The standard InChI is InChI=1S/C11H15BrN2O2S.ClH/c1-9-8-13-6-7-14(9)17(15,16)11-5-3-2-4-10(11)12;/h2-5,9,13H,6-8H2,1H3;1H/t9-;/m1./s1. The van der Waals surface area contributed by atoms with Crippen molar-refractivity contribution in [1.29, 1.82) is 0 Å². The van der Waals surface area contributed by atoms with E-state index in [0.29, 0.717) is 29.0 Å². The highest BCUT2D eigenvalue weighted by molar-refractivity contribution is 9.10. The van der Waals surface area contributed by atoms with Gasteiger partial charge >= 0.3 is 0 Å². The summed E-state index contributed by atoms with van der Waals surface area (Å²) in [5.74, 6) is 0. The van der Waals surface area contributed by atoms with Gasteiger partial charge in [0, 0.05) is 30.1 Å². The van der Waals surface area contributed by atoms with Gasteiger partial charge in [0.05, 0.1) is 4.90 Å². The summed E-state index contributed by atoms with van der Waals surface area (Å²) in [5, 5.41) is 3.18. The first-order chi connectivity index (χ1) is 8.03. The monoisotopic (exact) mass is 354 g/mol. The summed E-state index contributed by atoms with van der Waals surface area (Å²) in [7, 11) is -3.40. The molecule has 1 heterocycles. The maximum absolute atomic E-state index is 12.5. The molecule has 7 heteroatoms. The van der Waals surface area contributed by atoms with Gasteiger partial charge in [-0.1, -0.05) is 12.1 Å². The van der Waals surface area contributed by atoms with Gasteiger partial charge in [0.15, 0.2) is 0 Å². The predicted molar refractivity (Wildman–Crippen MR) is 77.6 cm³/mol. The lowest BCUT2D eigenvalue weighted by atomic mass is 10.3. The second kappa shape index (κ2) is 6.34. The van der Waals surface area contributed by atoms with Crippen LogP contribution in [0.3, 0.4) is 0 Å². The minimum atomic E-state index is -3.40. The van der Waals surface area contributed by atoms with Gasteiger partial charge < -0.3 is 5.32 Å². The average Bonchev–Trinajstić information content (AvgIpc) is 2.29. The maximum Gasteiger partial charge on any atom is 0.244 e. The van der Waals surface area contributed by atoms with Crippen LogP contribution in [0.1, 0.15) is 6.92 Å². The molecule has 18 heavy (non-hydrogen) atoms. The molecule has 0 aliphatic carbocycles. The topological polar surface area (TPSA) is 49.4 Å². The molecule has 4 nitrogen and oxygen atoms in total. The van der Waals surface area contributed by atoms with Gasteiger partial charge in [-0.15, -0.1) is 12.4 Å². The summed E-state index contributed by atoms with van der Waals surface area (Å²) in [6.45, 7) is 3.84. The van der Waals surface area contributed by atoms with Crippen LogP contribution in [0.5, 0.6) is 0 Å². The average molecular weight is 356 g/mol. The first kappa shape index (κ1) is 15.9. The first-order valence-corrected chi connectivity index (χ1v) is 7.74. The molecule has 1 aliphatic rings. The molecule has 0 amide bonds. The molecule has 1 atom stereocenters. The van der Waals surface area contributed by atoms with Gasteiger partial charge in [-0.3, -0.25) is 0 Å². The molecule has 2 rings (SSSR count). The fourth-order valence-electron chi connectivity index (χ4n) is 1.96. The molecule has 1 saturated heterocycles. The Morgan fingerprint density at radius 2 is 2.06 bits per heavy atom. The summed E-state index contributed by atoms with van der Waals surface area (Å²) in [6.07, 6.45) is 0. The molecule has 0 aromatic heterocycles. The number of nitrogens with zero attached hydrogens (tertiary/aromatic N) is 1. The zero-order valence-corrected chi connectivity index (χ0v) is 13.2. The summed E-state index contributed by atoms with van der Waals surface area (Å²) in [4.78, 5) is 0.341. The SMILES string of the molecule is C[C@@H]1CNCCN1S(=O)(=O)c1ccccc1Br.Cl. The van der Waals surface area contributed by atoms with E-state index in [-0.39, 0.29) is 18.4 Å². The van der Waals surface area contributed by atoms with Crippen molar-refractivity contribution in [1.82, 2.24) is 9.62 Å². The molecule has 0 radical (unpaired) electrons. The minimum absolute atomic E-state index is 0. The van der Waals surface area contributed by atoms with E-state index in [1.807, 2.05) is 13.0 Å². The number of nitrogens with one attached hydrogen (secondary N) is 1. The molecular formula is C11H16BrClN2O2S. The molecule has 102 valence electrons. The van der Waals surface area contributed by atoms with E-state index in [4.69, 9.17) is 0 Å². The third-order valence-electron chi connectivity index (χ3n) is 2.86. The fourth-order valence-corrected chi connectivity index (χ4v) is 4.56. The lowest BCUT2D eigenvalue weighted by molar-refractivity contribution is 0.283. The largest absolute Gasteiger partial charge is 0.314 e. The summed E-state index contributed by atoms with van der Waals surface area (Å²) in [6, 6.07) is 6.92. The van der Waals surface area contributed by atoms with Crippen LogP contribution < -0.4 is 5.32 Å². The molecule has 1 N–H and O–H groups in total. The Bertz CT molecular complexity index is 510. The maximum atomic E-state index is 12.5. The minimum Gasteiger partial charge on any atom is -0.314 e. The molecule has 1 aliphatic heterocycles. The summed E-state index contributed by atoms with van der Waals surface area (Å²) in [5.41, 5.74) is 0. The highest BCUT2D eigenvalue weighted by Crippen LogP contribution is 2.26. The van der Waals surface area contributed by atoms with Gasteiger partial charge in [0.1, 0.15) is 0 Å². The van der Waals surface area contributed by atoms with Gasteiger partial charge in [-0.2, -0.15) is 4.31 Å². The van der Waals surface area contributed by atoms with Crippen molar-refractivity contribution in [2.45, 2.75) is 17.9 Å². The molecule has 1 aromatic rings. The van der Waals surface area contributed by atoms with E-state index in [9.17, 15) is 8.42 Å². The van der Waals surface area contributed by atoms with Gasteiger partial charge in [-0.25, -0.2) is 8.42 Å². The summed E-state index contributed by atoms with van der Waals surface area (Å²) >= 11 is 3.30. The Morgan fingerprint density at radius 1 is 1.39 bits per heavy atom. The van der Waals surface area contributed by atoms with Crippen molar-refractivity contribution in [3.8, 4) is 0 Å². The Labute approximate surface area is 122 Å². The van der Waals surface area contributed by atoms with Crippen molar-refractivity contribution in [3.05, 3.63) is 28.7 Å². The lowest BCUT2D eigenvalue weighted by Crippen LogP contribution is -2.52. The highest BCUT2D eigenvalue weighted by atomic mass is 79.9. The van der Waals surface area contributed by atoms with E-state index in [1.165, 1.54) is 0 Å². The number of rotatable bonds is 2. The molecule has 1 fully saturated rings. The van der Waals surface area contributed by atoms with Crippen LogP contribution in [-0.4, -0.2) is 38.4 Å². The fraction of sp³-hybridized carbons (Fsp3) is 0.455. The zero-order chi connectivity index (χ0) is 12.5. The molecule has 0 spiro atoms. The number of halogens is 2. The van der Waals surface area contributed by atoms with Crippen molar-refractivity contribution in [2.24, 2.45) is 0 Å². The number of benzene rings is 1. The van der Waals surface area contributed by atoms with Crippen LogP contribution in [-0.2, 0) is 10.0 Å². The number of piperazine rings is 1.